The summed E-state index contributed by atoms with van der Waals surface area (Å²) >= 11 is 0. The Morgan fingerprint density at radius 3 is 2.64 bits per heavy atom. The van der Waals surface area contributed by atoms with Gasteiger partial charge in [-0.25, -0.2) is 0 Å². The molecule has 1 aromatic rings. The first kappa shape index (κ1) is 10.7. The number of carbonyl (C=O) groups is 1. The fourth-order valence-electron chi connectivity index (χ4n) is 1.11. The molecule has 0 aliphatic heterocycles. The van der Waals surface area contributed by atoms with Crippen molar-refractivity contribution in [1.82, 2.24) is 4.57 Å². The minimum Gasteiger partial charge on any atom is -0.346 e. The summed E-state index contributed by atoms with van der Waals surface area (Å²) in [6.07, 6.45) is 3.36. The zero-order chi connectivity index (χ0) is 10.7. The van der Waals surface area contributed by atoms with Gasteiger partial charge in [-0.1, -0.05) is 13.8 Å². The lowest BCUT2D eigenvalue weighted by Crippen LogP contribution is -2.17. The van der Waals surface area contributed by atoms with E-state index >= 15 is 0 Å². The van der Waals surface area contributed by atoms with Crippen LogP contribution in [0, 0.1) is 12.8 Å². The molecule has 0 amide bonds. The van der Waals surface area contributed by atoms with Crippen LogP contribution in [0.5, 0.6) is 0 Å². The molecule has 76 valence electrons. The van der Waals surface area contributed by atoms with Gasteiger partial charge in [-0.2, -0.15) is 0 Å². The third-order valence-electron chi connectivity index (χ3n) is 2.15. The van der Waals surface area contributed by atoms with Crippen LogP contribution in [0.25, 0.3) is 0 Å². The second-order valence-corrected chi connectivity index (χ2v) is 3.79. The van der Waals surface area contributed by atoms with Crippen molar-refractivity contribution in [3.63, 3.8) is 0 Å². The quantitative estimate of drug-likeness (QED) is 0.727. The summed E-state index contributed by atoms with van der Waals surface area (Å²) in [5, 5.41) is 0. The maximum absolute atomic E-state index is 11.4. The maximum Gasteiger partial charge on any atom is 0.184 e. The summed E-state index contributed by atoms with van der Waals surface area (Å²) in [5.74, 6) is 0.211. The summed E-state index contributed by atoms with van der Waals surface area (Å²) in [7, 11) is 0. The number of pyridine rings is 1. The zero-order valence-corrected chi connectivity index (χ0v) is 8.78. The molecule has 0 aliphatic carbocycles. The largest absolute Gasteiger partial charge is 0.346 e. The molecule has 0 atom stereocenters. The number of aromatic nitrogens is 1. The highest BCUT2D eigenvalue weighted by Crippen LogP contribution is 1.98. The molecule has 14 heavy (non-hydrogen) atoms. The molecule has 0 spiro atoms. The van der Waals surface area contributed by atoms with Crippen LogP contribution in [0.2, 0.25) is 0 Å². The van der Waals surface area contributed by atoms with Crippen LogP contribution in [-0.2, 0) is 11.3 Å². The number of aryl methyl sites for hydroxylation is 1. The lowest BCUT2D eigenvalue weighted by molar-refractivity contribution is -0.122. The van der Waals surface area contributed by atoms with Crippen molar-refractivity contribution in [2.45, 2.75) is 27.3 Å². The van der Waals surface area contributed by atoms with Crippen molar-refractivity contribution in [2.24, 2.45) is 5.92 Å². The van der Waals surface area contributed by atoms with Crippen molar-refractivity contribution in [3.8, 4) is 0 Å². The SMILES string of the molecule is Cc1cn(CC(=O)C(C)C)ccc1=O. The Labute approximate surface area is 83.4 Å². The maximum atomic E-state index is 11.4. The smallest absolute Gasteiger partial charge is 0.184 e. The van der Waals surface area contributed by atoms with Gasteiger partial charge in [0.1, 0.15) is 0 Å². The van der Waals surface area contributed by atoms with E-state index in [1.807, 2.05) is 13.8 Å². The fourth-order valence-corrected chi connectivity index (χ4v) is 1.11. The lowest BCUT2D eigenvalue weighted by Gasteiger charge is -2.07. The highest BCUT2D eigenvalue weighted by molar-refractivity contribution is 5.80. The Bertz CT molecular complexity index is 391. The van der Waals surface area contributed by atoms with Crippen molar-refractivity contribution in [2.75, 3.05) is 0 Å². The molecule has 0 bridgehead atoms. The van der Waals surface area contributed by atoms with E-state index in [-0.39, 0.29) is 17.1 Å². The second-order valence-electron chi connectivity index (χ2n) is 3.79. The first-order valence-electron chi connectivity index (χ1n) is 4.70. The summed E-state index contributed by atoms with van der Waals surface area (Å²) in [6.45, 7) is 5.84. The first-order valence-corrected chi connectivity index (χ1v) is 4.70. The number of rotatable bonds is 3. The van der Waals surface area contributed by atoms with Crippen molar-refractivity contribution in [1.29, 1.82) is 0 Å². The van der Waals surface area contributed by atoms with E-state index in [1.165, 1.54) is 6.07 Å². The van der Waals surface area contributed by atoms with Crippen LogP contribution >= 0.6 is 0 Å². The topological polar surface area (TPSA) is 39.1 Å². The van der Waals surface area contributed by atoms with Gasteiger partial charge in [-0.3, -0.25) is 9.59 Å². The Balaban J connectivity index is 2.83. The number of carbonyl (C=O) groups excluding carboxylic acids is 1. The normalized spacial score (nSPS) is 10.6. The van der Waals surface area contributed by atoms with Crippen LogP contribution in [0.3, 0.4) is 0 Å². The third-order valence-corrected chi connectivity index (χ3v) is 2.15. The number of hydrogen-bond acceptors (Lipinski definition) is 2. The monoisotopic (exact) mass is 193 g/mol. The van der Waals surface area contributed by atoms with Gasteiger partial charge in [0, 0.05) is 29.9 Å². The minimum atomic E-state index is 0.0123. The molecule has 0 fully saturated rings. The number of Topliss-reactive ketones (excluding diaryl/α,β-unsaturated/α-hetero) is 1. The van der Waals surface area contributed by atoms with E-state index in [9.17, 15) is 9.59 Å². The fraction of sp³-hybridized carbons (Fsp3) is 0.455. The Hall–Kier alpha value is -1.38. The van der Waals surface area contributed by atoms with E-state index in [2.05, 4.69) is 0 Å². The molecule has 0 saturated carbocycles. The summed E-state index contributed by atoms with van der Waals surface area (Å²) < 4.78 is 1.75. The molecule has 0 aromatic carbocycles. The average Bonchev–Trinajstić information content (AvgIpc) is 2.11. The highest BCUT2D eigenvalue weighted by Gasteiger charge is 2.07. The predicted octanol–water partition coefficient (Wildman–Crippen LogP) is 1.38. The first-order chi connectivity index (χ1) is 6.50. The van der Waals surface area contributed by atoms with E-state index < -0.39 is 0 Å². The van der Waals surface area contributed by atoms with E-state index in [0.29, 0.717) is 12.1 Å². The minimum absolute atomic E-state index is 0.0123. The molecule has 0 N–H and O–H groups in total. The van der Waals surface area contributed by atoms with Gasteiger partial charge in [0.15, 0.2) is 11.2 Å². The third kappa shape index (κ3) is 2.55. The summed E-state index contributed by atoms with van der Waals surface area (Å²) in [6, 6.07) is 1.49. The van der Waals surface area contributed by atoms with Gasteiger partial charge in [-0.05, 0) is 6.92 Å². The molecule has 0 unspecified atom stereocenters. The number of hydrogen-bond donors (Lipinski definition) is 0. The summed E-state index contributed by atoms with van der Waals surface area (Å²) in [4.78, 5) is 22.5. The van der Waals surface area contributed by atoms with Crippen molar-refractivity contribution >= 4 is 5.78 Å². The Kier molecular flexibility index (Phi) is 3.23. The van der Waals surface area contributed by atoms with Crippen LogP contribution in [0.15, 0.2) is 23.3 Å². The second kappa shape index (κ2) is 4.22. The molecule has 0 aliphatic rings. The van der Waals surface area contributed by atoms with Gasteiger partial charge < -0.3 is 4.57 Å². The zero-order valence-electron chi connectivity index (χ0n) is 8.78. The van der Waals surface area contributed by atoms with Gasteiger partial charge >= 0.3 is 0 Å². The van der Waals surface area contributed by atoms with Gasteiger partial charge in [-0.15, -0.1) is 0 Å². The summed E-state index contributed by atoms with van der Waals surface area (Å²) in [5.41, 5.74) is 0.683. The lowest BCUT2D eigenvalue weighted by atomic mass is 10.1. The molecule has 0 radical (unpaired) electrons. The van der Waals surface area contributed by atoms with Crippen LogP contribution < -0.4 is 5.43 Å². The average molecular weight is 193 g/mol. The highest BCUT2D eigenvalue weighted by atomic mass is 16.1. The van der Waals surface area contributed by atoms with Gasteiger partial charge in [0.2, 0.25) is 0 Å². The molecule has 1 rings (SSSR count). The molecule has 3 heteroatoms. The van der Waals surface area contributed by atoms with E-state index in [1.54, 1.807) is 23.9 Å². The van der Waals surface area contributed by atoms with E-state index in [4.69, 9.17) is 0 Å². The van der Waals surface area contributed by atoms with Crippen LogP contribution in [0.1, 0.15) is 19.4 Å². The number of ketones is 1. The molecule has 3 nitrogen and oxygen atoms in total. The van der Waals surface area contributed by atoms with Crippen LogP contribution in [-0.4, -0.2) is 10.4 Å². The van der Waals surface area contributed by atoms with Crippen LogP contribution in [0.4, 0.5) is 0 Å². The van der Waals surface area contributed by atoms with Gasteiger partial charge in [0.25, 0.3) is 0 Å². The molecular weight excluding hydrogens is 178 g/mol. The Morgan fingerprint density at radius 1 is 1.50 bits per heavy atom. The van der Waals surface area contributed by atoms with Gasteiger partial charge in [0.05, 0.1) is 6.54 Å². The molecule has 1 heterocycles. The molecule has 1 aromatic heterocycles. The Morgan fingerprint density at radius 2 is 2.14 bits per heavy atom. The molecule has 0 saturated heterocycles. The van der Waals surface area contributed by atoms with E-state index in [0.717, 1.165) is 0 Å². The molecular formula is C11H15NO2. The predicted molar refractivity (Wildman–Crippen MR) is 55.3 cm³/mol. The standard InChI is InChI=1S/C11H15NO2/c1-8(2)11(14)7-12-5-4-10(13)9(3)6-12/h4-6,8H,7H2,1-3H3. The van der Waals surface area contributed by atoms with Crippen molar-refractivity contribution in [3.05, 3.63) is 34.2 Å². The number of nitrogens with zero attached hydrogens (tertiary/aromatic N) is 1. The van der Waals surface area contributed by atoms with Crippen molar-refractivity contribution < 1.29 is 4.79 Å².